The van der Waals surface area contributed by atoms with Crippen LogP contribution in [0.4, 0.5) is 0 Å². The van der Waals surface area contributed by atoms with Crippen molar-refractivity contribution in [1.82, 2.24) is 10.2 Å². The Hall–Kier alpha value is -0.0800. The van der Waals surface area contributed by atoms with Gasteiger partial charge in [0.05, 0.1) is 0 Å². The smallest absolute Gasteiger partial charge is 0.00933 e. The van der Waals surface area contributed by atoms with Crippen LogP contribution in [0.1, 0.15) is 51.9 Å². The van der Waals surface area contributed by atoms with Gasteiger partial charge in [-0.05, 0) is 58.8 Å². The van der Waals surface area contributed by atoms with Gasteiger partial charge in [-0.2, -0.15) is 0 Å². The van der Waals surface area contributed by atoms with Gasteiger partial charge in [-0.25, -0.2) is 0 Å². The summed E-state index contributed by atoms with van der Waals surface area (Å²) in [6.07, 6.45) is 9.69. The molecule has 0 aliphatic heterocycles. The first-order chi connectivity index (χ1) is 7.34. The first-order valence-corrected chi connectivity index (χ1v) is 6.75. The third-order valence-electron chi connectivity index (χ3n) is 3.21. The van der Waals surface area contributed by atoms with Crippen molar-refractivity contribution in [1.29, 1.82) is 0 Å². The lowest BCUT2D eigenvalue weighted by molar-refractivity contribution is 0.314. The van der Waals surface area contributed by atoms with Crippen LogP contribution in [0.3, 0.4) is 0 Å². The molecule has 1 rings (SSSR count). The van der Waals surface area contributed by atoms with Gasteiger partial charge in [-0.3, -0.25) is 0 Å². The van der Waals surface area contributed by atoms with Crippen LogP contribution >= 0.6 is 0 Å². The van der Waals surface area contributed by atoms with Crippen LogP contribution in [0.5, 0.6) is 0 Å². The van der Waals surface area contributed by atoms with Crippen molar-refractivity contribution in [2.24, 2.45) is 0 Å². The first-order valence-electron chi connectivity index (χ1n) is 6.75. The predicted molar refractivity (Wildman–Crippen MR) is 67.3 cm³/mol. The molecule has 0 radical (unpaired) electrons. The van der Waals surface area contributed by atoms with Crippen LogP contribution in [0, 0.1) is 0 Å². The minimum absolute atomic E-state index is 0.941. The van der Waals surface area contributed by atoms with E-state index in [9.17, 15) is 0 Å². The molecule has 0 aromatic carbocycles. The molecule has 90 valence electrons. The fourth-order valence-corrected chi connectivity index (χ4v) is 1.96. The molecule has 1 fully saturated rings. The second-order valence-electron chi connectivity index (χ2n) is 4.88. The van der Waals surface area contributed by atoms with E-state index >= 15 is 0 Å². The molecular formula is C13H28N2. The number of rotatable bonds is 10. The Labute approximate surface area is 95.4 Å². The highest BCUT2D eigenvalue weighted by atomic mass is 15.1. The van der Waals surface area contributed by atoms with Crippen LogP contribution in [0.15, 0.2) is 0 Å². The Morgan fingerprint density at radius 2 is 1.80 bits per heavy atom. The van der Waals surface area contributed by atoms with E-state index in [1.165, 1.54) is 64.6 Å². The quantitative estimate of drug-likeness (QED) is 0.560. The summed E-state index contributed by atoms with van der Waals surface area (Å²) in [6.45, 7) is 5.94. The molecule has 0 heterocycles. The molecular weight excluding hydrogens is 184 g/mol. The van der Waals surface area contributed by atoms with E-state index in [0.29, 0.717) is 0 Å². The molecule has 2 heteroatoms. The van der Waals surface area contributed by atoms with Gasteiger partial charge in [0.2, 0.25) is 0 Å². The summed E-state index contributed by atoms with van der Waals surface area (Å²) in [5.74, 6) is 0. The minimum atomic E-state index is 0.941. The van der Waals surface area contributed by atoms with Crippen molar-refractivity contribution in [2.45, 2.75) is 57.9 Å². The van der Waals surface area contributed by atoms with Gasteiger partial charge in [-0.1, -0.05) is 19.8 Å². The van der Waals surface area contributed by atoms with Gasteiger partial charge in [-0.15, -0.1) is 0 Å². The Bertz CT molecular complexity index is 143. The summed E-state index contributed by atoms with van der Waals surface area (Å²) >= 11 is 0. The van der Waals surface area contributed by atoms with Gasteiger partial charge >= 0.3 is 0 Å². The lowest BCUT2D eigenvalue weighted by Gasteiger charge is -2.14. The summed E-state index contributed by atoms with van der Waals surface area (Å²) in [7, 11) is 2.28. The Kier molecular flexibility index (Phi) is 7.03. The monoisotopic (exact) mass is 212 g/mol. The van der Waals surface area contributed by atoms with Gasteiger partial charge in [0, 0.05) is 6.04 Å². The lowest BCUT2D eigenvalue weighted by atomic mass is 10.2. The maximum Gasteiger partial charge on any atom is 0.00933 e. The first kappa shape index (κ1) is 13.0. The third-order valence-corrected chi connectivity index (χ3v) is 3.21. The van der Waals surface area contributed by atoms with Crippen molar-refractivity contribution in [3.05, 3.63) is 0 Å². The van der Waals surface area contributed by atoms with Crippen LogP contribution < -0.4 is 5.32 Å². The molecule has 0 amide bonds. The molecule has 2 nitrogen and oxygen atoms in total. The van der Waals surface area contributed by atoms with Gasteiger partial charge < -0.3 is 10.2 Å². The SMILES string of the molecule is CCCNCCCCCCN(C)C1CC1. The second kappa shape index (κ2) is 8.12. The highest BCUT2D eigenvalue weighted by molar-refractivity contribution is 4.81. The molecule has 0 spiro atoms. The Morgan fingerprint density at radius 1 is 1.07 bits per heavy atom. The number of unbranched alkanes of at least 4 members (excludes halogenated alkanes) is 3. The van der Waals surface area contributed by atoms with Gasteiger partial charge in [0.1, 0.15) is 0 Å². The second-order valence-corrected chi connectivity index (χ2v) is 4.88. The normalized spacial score (nSPS) is 16.2. The third kappa shape index (κ3) is 6.91. The van der Waals surface area contributed by atoms with E-state index in [2.05, 4.69) is 24.2 Å². The zero-order valence-electron chi connectivity index (χ0n) is 10.6. The van der Waals surface area contributed by atoms with Crippen molar-refractivity contribution in [3.8, 4) is 0 Å². The molecule has 1 aliphatic carbocycles. The van der Waals surface area contributed by atoms with E-state index in [1.54, 1.807) is 0 Å². The van der Waals surface area contributed by atoms with Crippen molar-refractivity contribution in [2.75, 3.05) is 26.7 Å². The summed E-state index contributed by atoms with van der Waals surface area (Å²) in [6, 6.07) is 0.941. The number of nitrogens with one attached hydrogen (secondary N) is 1. The highest BCUT2D eigenvalue weighted by Crippen LogP contribution is 2.25. The molecule has 1 N–H and O–H groups in total. The van der Waals surface area contributed by atoms with Gasteiger partial charge in [0.25, 0.3) is 0 Å². The zero-order valence-corrected chi connectivity index (χ0v) is 10.6. The minimum Gasteiger partial charge on any atom is -0.317 e. The molecule has 15 heavy (non-hydrogen) atoms. The van der Waals surface area contributed by atoms with E-state index < -0.39 is 0 Å². The van der Waals surface area contributed by atoms with Crippen molar-refractivity contribution in [3.63, 3.8) is 0 Å². The highest BCUT2D eigenvalue weighted by Gasteiger charge is 2.25. The van der Waals surface area contributed by atoms with Crippen LogP contribution in [0.2, 0.25) is 0 Å². The average Bonchev–Trinajstić information content (AvgIpc) is 3.05. The van der Waals surface area contributed by atoms with Crippen LogP contribution in [0.25, 0.3) is 0 Å². The average molecular weight is 212 g/mol. The molecule has 0 aromatic heterocycles. The van der Waals surface area contributed by atoms with E-state index in [1.807, 2.05) is 0 Å². The predicted octanol–water partition coefficient (Wildman–Crippen LogP) is 2.64. The standard InChI is InChI=1S/C13H28N2/c1-3-10-14-11-6-4-5-7-12-15(2)13-8-9-13/h13-14H,3-12H2,1-2H3. The summed E-state index contributed by atoms with van der Waals surface area (Å²) in [5, 5.41) is 3.45. The fraction of sp³-hybridized carbons (Fsp3) is 1.00. The summed E-state index contributed by atoms with van der Waals surface area (Å²) in [4.78, 5) is 2.54. The fourth-order valence-electron chi connectivity index (χ4n) is 1.96. The molecule has 0 bridgehead atoms. The molecule has 0 unspecified atom stereocenters. The van der Waals surface area contributed by atoms with Gasteiger partial charge in [0.15, 0.2) is 0 Å². The van der Waals surface area contributed by atoms with Crippen molar-refractivity contribution >= 4 is 0 Å². The van der Waals surface area contributed by atoms with Crippen molar-refractivity contribution < 1.29 is 0 Å². The Morgan fingerprint density at radius 3 is 2.47 bits per heavy atom. The zero-order chi connectivity index (χ0) is 10.9. The number of hydrogen-bond donors (Lipinski definition) is 1. The number of nitrogens with zero attached hydrogens (tertiary/aromatic N) is 1. The molecule has 0 saturated heterocycles. The molecule has 0 aromatic rings. The van der Waals surface area contributed by atoms with E-state index in [-0.39, 0.29) is 0 Å². The summed E-state index contributed by atoms with van der Waals surface area (Å²) in [5.41, 5.74) is 0. The number of hydrogen-bond acceptors (Lipinski definition) is 2. The summed E-state index contributed by atoms with van der Waals surface area (Å²) < 4.78 is 0. The maximum absolute atomic E-state index is 3.45. The molecule has 1 saturated carbocycles. The van der Waals surface area contributed by atoms with E-state index in [4.69, 9.17) is 0 Å². The molecule has 0 atom stereocenters. The van der Waals surface area contributed by atoms with Crippen LogP contribution in [-0.4, -0.2) is 37.6 Å². The Balaban J connectivity index is 1.72. The largest absolute Gasteiger partial charge is 0.317 e. The lowest BCUT2D eigenvalue weighted by Crippen LogP contribution is -2.21. The maximum atomic E-state index is 3.45. The van der Waals surface area contributed by atoms with E-state index in [0.717, 1.165) is 6.04 Å². The van der Waals surface area contributed by atoms with Crippen LogP contribution in [-0.2, 0) is 0 Å². The topological polar surface area (TPSA) is 15.3 Å². The molecule has 1 aliphatic rings.